The maximum Gasteiger partial charge on any atom is 0.362 e. The van der Waals surface area contributed by atoms with Crippen LogP contribution in [0.4, 0.5) is 0 Å². The highest BCUT2D eigenvalue weighted by Gasteiger charge is 2.41. The number of carbonyl (C=O) groups excluding carboxylic acids is 1. The van der Waals surface area contributed by atoms with E-state index in [-0.39, 0.29) is 23.9 Å². The van der Waals surface area contributed by atoms with Gasteiger partial charge < -0.3 is 9.30 Å². The highest BCUT2D eigenvalue weighted by Crippen LogP contribution is 2.41. The quantitative estimate of drug-likeness (QED) is 0.635. The Hall–Kier alpha value is -2.21. The van der Waals surface area contributed by atoms with Gasteiger partial charge in [-0.25, -0.2) is 9.78 Å². The van der Waals surface area contributed by atoms with Crippen molar-refractivity contribution >= 4 is 17.0 Å². The minimum Gasteiger partial charge on any atom is -0.461 e. The highest BCUT2D eigenvalue weighted by molar-refractivity contribution is 5.89. The summed E-state index contributed by atoms with van der Waals surface area (Å²) in [5.41, 5.74) is 1.07. The molecule has 31 heavy (non-hydrogen) atoms. The number of para-hydroxylation sites is 2. The molecular weight excluding hydrogens is 390 g/mol. The largest absolute Gasteiger partial charge is 0.461 e. The van der Waals surface area contributed by atoms with Crippen molar-refractivity contribution in [1.29, 1.82) is 0 Å². The van der Waals surface area contributed by atoms with Gasteiger partial charge in [0, 0.05) is 24.2 Å². The molecule has 0 radical (unpaired) electrons. The number of piperidine rings is 2. The van der Waals surface area contributed by atoms with Gasteiger partial charge in [0.15, 0.2) is 0 Å². The SMILES string of the molecule is CCOC(=O)c1nc2ccccc2n([C@H]2CC3CCC[C@@H](C2)N3C(C)CC(C)C)c1=O. The summed E-state index contributed by atoms with van der Waals surface area (Å²) in [6.07, 6.45) is 6.69. The van der Waals surface area contributed by atoms with Gasteiger partial charge in [-0.05, 0) is 64.0 Å². The summed E-state index contributed by atoms with van der Waals surface area (Å²) in [6, 6.07) is 9.24. The van der Waals surface area contributed by atoms with E-state index < -0.39 is 5.97 Å². The summed E-state index contributed by atoms with van der Waals surface area (Å²) in [7, 11) is 0. The first kappa shape index (κ1) is 22.0. The van der Waals surface area contributed by atoms with Crippen molar-refractivity contribution in [1.82, 2.24) is 14.5 Å². The number of rotatable bonds is 6. The van der Waals surface area contributed by atoms with Crippen LogP contribution in [-0.2, 0) is 4.74 Å². The van der Waals surface area contributed by atoms with Gasteiger partial charge in [-0.2, -0.15) is 0 Å². The lowest BCUT2D eigenvalue weighted by atomic mass is 9.79. The predicted octanol–water partition coefficient (Wildman–Crippen LogP) is 4.57. The van der Waals surface area contributed by atoms with E-state index in [1.807, 2.05) is 28.8 Å². The first-order chi connectivity index (χ1) is 14.9. The van der Waals surface area contributed by atoms with E-state index >= 15 is 0 Å². The molecule has 6 heteroatoms. The number of hydrogen-bond acceptors (Lipinski definition) is 5. The Kier molecular flexibility index (Phi) is 6.47. The smallest absolute Gasteiger partial charge is 0.362 e. The number of esters is 1. The number of hydrogen-bond donors (Lipinski definition) is 0. The van der Waals surface area contributed by atoms with Crippen LogP contribution >= 0.6 is 0 Å². The summed E-state index contributed by atoms with van der Waals surface area (Å²) in [5, 5.41) is 0. The van der Waals surface area contributed by atoms with E-state index in [0.717, 1.165) is 18.4 Å². The Morgan fingerprint density at radius 2 is 1.81 bits per heavy atom. The lowest BCUT2D eigenvalue weighted by molar-refractivity contribution is -0.0173. The van der Waals surface area contributed by atoms with Gasteiger partial charge in [-0.3, -0.25) is 9.69 Å². The van der Waals surface area contributed by atoms with Crippen LogP contribution in [0, 0.1) is 5.92 Å². The van der Waals surface area contributed by atoms with Crippen LogP contribution in [0.3, 0.4) is 0 Å². The molecule has 4 atom stereocenters. The molecule has 1 aromatic carbocycles. The van der Waals surface area contributed by atoms with E-state index in [1.54, 1.807) is 6.92 Å². The second kappa shape index (κ2) is 9.11. The number of carbonyl (C=O) groups is 1. The second-order valence-electron chi connectivity index (χ2n) is 9.63. The number of nitrogens with zero attached hydrogens (tertiary/aromatic N) is 3. The summed E-state index contributed by atoms with van der Waals surface area (Å²) in [6.45, 7) is 8.91. The molecule has 4 rings (SSSR count). The zero-order chi connectivity index (χ0) is 22.1. The van der Waals surface area contributed by atoms with Gasteiger partial charge in [0.1, 0.15) is 0 Å². The summed E-state index contributed by atoms with van der Waals surface area (Å²) in [4.78, 5) is 33.1. The van der Waals surface area contributed by atoms with Gasteiger partial charge in [0.05, 0.1) is 17.6 Å². The lowest BCUT2D eigenvalue weighted by Crippen LogP contribution is -2.56. The van der Waals surface area contributed by atoms with Gasteiger partial charge in [-0.1, -0.05) is 32.4 Å². The molecule has 2 saturated heterocycles. The molecule has 2 aromatic rings. The van der Waals surface area contributed by atoms with Gasteiger partial charge in [0.2, 0.25) is 5.69 Å². The fourth-order valence-electron chi connectivity index (χ4n) is 5.97. The van der Waals surface area contributed by atoms with Crippen LogP contribution in [0.5, 0.6) is 0 Å². The molecule has 6 nitrogen and oxygen atoms in total. The topological polar surface area (TPSA) is 64.4 Å². The fraction of sp³-hybridized carbons (Fsp3) is 0.640. The average Bonchev–Trinajstić information content (AvgIpc) is 2.72. The molecule has 2 fully saturated rings. The van der Waals surface area contributed by atoms with Crippen molar-refractivity contribution < 1.29 is 9.53 Å². The molecule has 2 unspecified atom stereocenters. The van der Waals surface area contributed by atoms with Crippen molar-refractivity contribution in [3.63, 3.8) is 0 Å². The predicted molar refractivity (Wildman–Crippen MR) is 122 cm³/mol. The molecule has 3 heterocycles. The summed E-state index contributed by atoms with van der Waals surface area (Å²) in [5.74, 6) is 0.0440. The third-order valence-corrected chi connectivity index (χ3v) is 6.96. The monoisotopic (exact) mass is 425 g/mol. The average molecular weight is 426 g/mol. The molecule has 2 bridgehead atoms. The van der Waals surface area contributed by atoms with Crippen LogP contribution in [0.25, 0.3) is 11.0 Å². The van der Waals surface area contributed by atoms with E-state index in [2.05, 4.69) is 30.7 Å². The molecule has 0 saturated carbocycles. The third kappa shape index (κ3) is 4.27. The first-order valence-electron chi connectivity index (χ1n) is 11.9. The zero-order valence-electron chi connectivity index (χ0n) is 19.2. The fourth-order valence-corrected chi connectivity index (χ4v) is 5.97. The Morgan fingerprint density at radius 3 is 2.45 bits per heavy atom. The Labute approximate surface area is 184 Å². The number of fused-ring (bicyclic) bond motifs is 3. The molecule has 0 spiro atoms. The molecule has 0 amide bonds. The van der Waals surface area contributed by atoms with Crippen molar-refractivity contribution in [2.45, 2.75) is 90.4 Å². The van der Waals surface area contributed by atoms with Crippen molar-refractivity contribution in [3.05, 3.63) is 40.3 Å². The van der Waals surface area contributed by atoms with Crippen molar-refractivity contribution in [3.8, 4) is 0 Å². The maximum atomic E-state index is 13.5. The number of aromatic nitrogens is 2. The second-order valence-corrected chi connectivity index (χ2v) is 9.63. The molecule has 1 aromatic heterocycles. The van der Waals surface area contributed by atoms with Crippen LogP contribution in [0.15, 0.2) is 29.1 Å². The van der Waals surface area contributed by atoms with Crippen LogP contribution in [0.1, 0.15) is 82.8 Å². The van der Waals surface area contributed by atoms with Crippen molar-refractivity contribution in [2.24, 2.45) is 5.92 Å². The molecule has 0 N–H and O–H groups in total. The minimum atomic E-state index is -0.629. The summed E-state index contributed by atoms with van der Waals surface area (Å²) < 4.78 is 6.99. The lowest BCUT2D eigenvalue weighted by Gasteiger charge is -2.52. The maximum absolute atomic E-state index is 13.5. The Bertz CT molecular complexity index is 985. The van der Waals surface area contributed by atoms with Gasteiger partial charge in [-0.15, -0.1) is 0 Å². The Balaban J connectivity index is 1.73. The van der Waals surface area contributed by atoms with E-state index in [0.29, 0.717) is 29.6 Å². The first-order valence-corrected chi connectivity index (χ1v) is 11.9. The van der Waals surface area contributed by atoms with Crippen LogP contribution < -0.4 is 5.56 Å². The molecule has 168 valence electrons. The molecule has 2 aliphatic rings. The van der Waals surface area contributed by atoms with Gasteiger partial charge >= 0.3 is 5.97 Å². The molecule has 2 aliphatic heterocycles. The molecular formula is C25H35N3O3. The van der Waals surface area contributed by atoms with E-state index in [9.17, 15) is 9.59 Å². The molecule has 0 aliphatic carbocycles. The highest BCUT2D eigenvalue weighted by atomic mass is 16.5. The van der Waals surface area contributed by atoms with Crippen LogP contribution in [-0.4, -0.2) is 45.2 Å². The standard InChI is InChI=1S/C25H35N3O3/c1-5-31-25(30)23-24(29)28(22-12-7-6-11-21(22)26-23)20-14-18-9-8-10-19(15-20)27(18)17(4)13-16(2)3/h6-7,11-12,16-20H,5,8-10,13-15H2,1-4H3/t17?,18-,19?,20+/m0/s1. The third-order valence-electron chi connectivity index (χ3n) is 6.96. The van der Waals surface area contributed by atoms with Crippen molar-refractivity contribution in [2.75, 3.05) is 6.61 Å². The zero-order valence-corrected chi connectivity index (χ0v) is 19.2. The van der Waals surface area contributed by atoms with Crippen LogP contribution in [0.2, 0.25) is 0 Å². The normalized spacial score (nSPS) is 25.0. The van der Waals surface area contributed by atoms with E-state index in [4.69, 9.17) is 4.74 Å². The Morgan fingerprint density at radius 1 is 1.13 bits per heavy atom. The minimum absolute atomic E-state index is 0.0753. The van der Waals surface area contributed by atoms with E-state index in [1.165, 1.54) is 25.7 Å². The number of ether oxygens (including phenoxy) is 1. The van der Waals surface area contributed by atoms with Gasteiger partial charge in [0.25, 0.3) is 5.56 Å². The number of benzene rings is 1. The summed E-state index contributed by atoms with van der Waals surface area (Å²) >= 11 is 0.